The van der Waals surface area contributed by atoms with Crippen molar-refractivity contribution in [2.45, 2.75) is 45.6 Å². The fourth-order valence-corrected chi connectivity index (χ4v) is 5.51. The summed E-state index contributed by atoms with van der Waals surface area (Å²) in [5.74, 6) is 0.384. The molecule has 0 unspecified atom stereocenters. The second-order valence-corrected chi connectivity index (χ2v) is 9.98. The number of aromatic nitrogens is 2. The third kappa shape index (κ3) is 3.83. The monoisotopic (exact) mass is 473 g/mol. The van der Waals surface area contributed by atoms with E-state index in [2.05, 4.69) is 82.9 Å². The number of rotatable bonds is 5. The van der Waals surface area contributed by atoms with Crippen molar-refractivity contribution < 1.29 is 4.79 Å². The van der Waals surface area contributed by atoms with Gasteiger partial charge in [0.25, 0.3) is 5.91 Å². The van der Waals surface area contributed by atoms with Crippen LogP contribution in [0.15, 0.2) is 91.1 Å². The van der Waals surface area contributed by atoms with Crippen molar-refractivity contribution in [2.24, 2.45) is 0 Å². The Bertz CT molecular complexity index is 1520. The molecule has 0 fully saturated rings. The number of benzene rings is 3. The van der Waals surface area contributed by atoms with Gasteiger partial charge in [-0.15, -0.1) is 0 Å². The van der Waals surface area contributed by atoms with Crippen molar-refractivity contribution in [3.05, 3.63) is 108 Å². The molecule has 1 aliphatic heterocycles. The highest BCUT2D eigenvalue weighted by Crippen LogP contribution is 2.40. The van der Waals surface area contributed by atoms with Gasteiger partial charge in [-0.05, 0) is 54.0 Å². The number of imidazole rings is 1. The van der Waals surface area contributed by atoms with Crippen molar-refractivity contribution in [3.63, 3.8) is 0 Å². The molecule has 0 atom stereocenters. The van der Waals surface area contributed by atoms with Crippen LogP contribution in [0.2, 0.25) is 0 Å². The third-order valence-electron chi connectivity index (χ3n) is 7.32. The Morgan fingerprint density at radius 3 is 2.22 bits per heavy atom. The summed E-state index contributed by atoms with van der Waals surface area (Å²) in [5, 5.41) is 3.16. The molecular weight excluding hydrogens is 442 g/mol. The van der Waals surface area contributed by atoms with E-state index in [1.807, 2.05) is 36.4 Å². The number of amides is 1. The molecule has 1 N–H and O–H groups in total. The van der Waals surface area contributed by atoms with E-state index in [0.717, 1.165) is 54.0 Å². The average Bonchev–Trinajstić information content (AvgIpc) is 3.33. The van der Waals surface area contributed by atoms with E-state index in [9.17, 15) is 4.79 Å². The highest BCUT2D eigenvalue weighted by molar-refractivity contribution is 6.10. The molecule has 1 amide bonds. The molecule has 6 rings (SSSR count). The maximum Gasteiger partial charge on any atom is 0.273 e. The standard InChI is InChI=1S/C32H31N3O/c1-22(2)23-16-18-25(19-17-23)29-27-15-9-10-20-34-28(24-11-5-3-6-12-24)21-35(32(27)34)30(29)31(36)33-26-13-7-4-8-14-26/h3-8,11-14,16-19,21-22H,9-10,15,20H2,1-2H3,(H,33,36). The van der Waals surface area contributed by atoms with E-state index in [0.29, 0.717) is 11.6 Å². The normalized spacial score (nSPS) is 13.2. The smallest absolute Gasteiger partial charge is 0.273 e. The lowest BCUT2D eigenvalue weighted by Crippen LogP contribution is -2.15. The molecular formula is C32H31N3O. The minimum absolute atomic E-state index is 0.0808. The summed E-state index contributed by atoms with van der Waals surface area (Å²) >= 11 is 0. The van der Waals surface area contributed by atoms with Gasteiger partial charge in [0.05, 0.1) is 5.69 Å². The molecule has 1 aliphatic rings. The predicted octanol–water partition coefficient (Wildman–Crippen LogP) is 7.79. The molecule has 0 radical (unpaired) electrons. The first-order valence-electron chi connectivity index (χ1n) is 12.9. The molecule has 3 heterocycles. The molecule has 3 aromatic carbocycles. The zero-order valence-electron chi connectivity index (χ0n) is 20.9. The van der Waals surface area contributed by atoms with Gasteiger partial charge in [0.1, 0.15) is 11.3 Å². The fourth-order valence-electron chi connectivity index (χ4n) is 5.51. The number of aryl methyl sites for hydroxylation is 2. The summed E-state index contributed by atoms with van der Waals surface area (Å²) < 4.78 is 4.57. The number of anilines is 1. The van der Waals surface area contributed by atoms with Gasteiger partial charge in [-0.2, -0.15) is 0 Å². The van der Waals surface area contributed by atoms with E-state index in [-0.39, 0.29) is 5.91 Å². The predicted molar refractivity (Wildman–Crippen MR) is 148 cm³/mol. The SMILES string of the molecule is CC(C)c1ccc(-c2c3c4n(c(-c5ccccc5)cn4c2C(=O)Nc2ccccc2)CCCC3)cc1. The van der Waals surface area contributed by atoms with E-state index < -0.39 is 0 Å². The van der Waals surface area contributed by atoms with E-state index >= 15 is 0 Å². The molecule has 36 heavy (non-hydrogen) atoms. The first kappa shape index (κ1) is 22.4. The van der Waals surface area contributed by atoms with Gasteiger partial charge in [0, 0.05) is 29.6 Å². The van der Waals surface area contributed by atoms with Crippen LogP contribution in [0, 0.1) is 0 Å². The van der Waals surface area contributed by atoms with Gasteiger partial charge >= 0.3 is 0 Å². The molecule has 0 bridgehead atoms. The van der Waals surface area contributed by atoms with Crippen LogP contribution in [-0.2, 0) is 13.0 Å². The van der Waals surface area contributed by atoms with E-state index in [1.165, 1.54) is 16.7 Å². The van der Waals surface area contributed by atoms with Crippen LogP contribution in [0.25, 0.3) is 28.0 Å². The van der Waals surface area contributed by atoms with Crippen LogP contribution in [0.4, 0.5) is 5.69 Å². The number of nitrogens with zero attached hydrogens (tertiary/aromatic N) is 2. The first-order chi connectivity index (χ1) is 17.6. The van der Waals surface area contributed by atoms with Crippen molar-refractivity contribution >= 4 is 17.2 Å². The highest BCUT2D eigenvalue weighted by Gasteiger charge is 2.29. The zero-order valence-corrected chi connectivity index (χ0v) is 20.9. The largest absolute Gasteiger partial charge is 0.325 e. The first-order valence-corrected chi connectivity index (χ1v) is 12.9. The van der Waals surface area contributed by atoms with Gasteiger partial charge < -0.3 is 9.88 Å². The summed E-state index contributed by atoms with van der Waals surface area (Å²) in [5.41, 5.74) is 9.72. The van der Waals surface area contributed by atoms with Crippen LogP contribution >= 0.6 is 0 Å². The quantitative estimate of drug-likeness (QED) is 0.278. The molecule has 0 spiro atoms. The van der Waals surface area contributed by atoms with E-state index in [1.54, 1.807) is 0 Å². The number of para-hydroxylation sites is 1. The van der Waals surface area contributed by atoms with Crippen LogP contribution in [0.5, 0.6) is 0 Å². The molecule has 4 heteroatoms. The minimum Gasteiger partial charge on any atom is -0.325 e. The van der Waals surface area contributed by atoms with Gasteiger partial charge in [0.15, 0.2) is 0 Å². The van der Waals surface area contributed by atoms with Crippen molar-refractivity contribution in [2.75, 3.05) is 5.32 Å². The number of hydrogen-bond acceptors (Lipinski definition) is 1. The number of carbonyl (C=O) groups excluding carboxylic acids is 1. The Morgan fingerprint density at radius 1 is 0.833 bits per heavy atom. The van der Waals surface area contributed by atoms with Gasteiger partial charge in [0.2, 0.25) is 0 Å². The Morgan fingerprint density at radius 2 is 1.53 bits per heavy atom. The van der Waals surface area contributed by atoms with Crippen molar-refractivity contribution in [3.8, 4) is 22.4 Å². The topological polar surface area (TPSA) is 38.4 Å². The summed E-state index contributed by atoms with van der Waals surface area (Å²) in [6, 6.07) is 29.0. The van der Waals surface area contributed by atoms with Crippen molar-refractivity contribution in [1.29, 1.82) is 0 Å². The van der Waals surface area contributed by atoms with Crippen LogP contribution in [-0.4, -0.2) is 14.9 Å². The molecule has 0 saturated carbocycles. The number of hydrogen-bond donors (Lipinski definition) is 1. The summed E-state index contributed by atoms with van der Waals surface area (Å²) in [6.07, 6.45) is 5.34. The molecule has 5 aromatic rings. The van der Waals surface area contributed by atoms with Crippen molar-refractivity contribution in [1.82, 2.24) is 8.97 Å². The molecule has 0 aliphatic carbocycles. The summed E-state index contributed by atoms with van der Waals surface area (Å²) in [7, 11) is 0. The Balaban J connectivity index is 1.60. The van der Waals surface area contributed by atoms with Gasteiger partial charge in [-0.3, -0.25) is 9.20 Å². The van der Waals surface area contributed by atoms with E-state index in [4.69, 9.17) is 0 Å². The zero-order chi connectivity index (χ0) is 24.6. The molecule has 0 saturated heterocycles. The average molecular weight is 474 g/mol. The van der Waals surface area contributed by atoms with Gasteiger partial charge in [-0.25, -0.2) is 0 Å². The lowest BCUT2D eigenvalue weighted by molar-refractivity contribution is 0.102. The number of carbonyl (C=O) groups is 1. The Kier molecular flexibility index (Phi) is 5.73. The van der Waals surface area contributed by atoms with Crippen LogP contribution in [0.3, 0.4) is 0 Å². The third-order valence-corrected chi connectivity index (χ3v) is 7.32. The van der Waals surface area contributed by atoms with Crippen LogP contribution in [0.1, 0.15) is 54.2 Å². The maximum absolute atomic E-state index is 13.9. The lowest BCUT2D eigenvalue weighted by Gasteiger charge is -2.12. The summed E-state index contributed by atoms with van der Waals surface area (Å²) in [6.45, 7) is 5.37. The Labute approximate surface area is 212 Å². The molecule has 4 nitrogen and oxygen atoms in total. The second kappa shape index (κ2) is 9.19. The second-order valence-electron chi connectivity index (χ2n) is 9.98. The number of nitrogens with one attached hydrogen (secondary N) is 1. The Hall–Kier alpha value is -4.05. The fraction of sp³-hybridized carbons (Fsp3) is 0.219. The minimum atomic E-state index is -0.0808. The lowest BCUT2D eigenvalue weighted by atomic mass is 9.95. The molecule has 2 aromatic heterocycles. The van der Waals surface area contributed by atoms with Gasteiger partial charge in [-0.1, -0.05) is 86.6 Å². The van der Waals surface area contributed by atoms with Crippen LogP contribution < -0.4 is 5.32 Å². The molecule has 180 valence electrons. The highest BCUT2D eigenvalue weighted by atomic mass is 16.1. The maximum atomic E-state index is 13.9. The summed E-state index contributed by atoms with van der Waals surface area (Å²) in [4.78, 5) is 13.9.